The summed E-state index contributed by atoms with van der Waals surface area (Å²) >= 11 is 1.35. The lowest BCUT2D eigenvalue weighted by atomic mass is 10.2. The second-order valence-corrected chi connectivity index (χ2v) is 4.54. The summed E-state index contributed by atoms with van der Waals surface area (Å²) in [5, 5.41) is 26.4. The number of nitrogens with zero attached hydrogens (tertiary/aromatic N) is 3. The minimum atomic E-state index is -0.335. The first kappa shape index (κ1) is 13.2. The number of thiophene rings is 1. The van der Waals surface area contributed by atoms with Gasteiger partial charge in [0.2, 0.25) is 0 Å². The van der Waals surface area contributed by atoms with E-state index in [4.69, 9.17) is 5.11 Å². The van der Waals surface area contributed by atoms with Crippen molar-refractivity contribution < 1.29 is 9.90 Å². The monoisotopic (exact) mass is 277 g/mol. The molecule has 1 atom stereocenters. The molecule has 0 bridgehead atoms. The van der Waals surface area contributed by atoms with Gasteiger partial charge in [-0.1, -0.05) is 17.1 Å². The maximum absolute atomic E-state index is 11.9. The van der Waals surface area contributed by atoms with Crippen molar-refractivity contribution in [3.8, 4) is 11.8 Å². The van der Waals surface area contributed by atoms with Crippen LogP contribution in [-0.2, 0) is 0 Å². The van der Waals surface area contributed by atoms with Crippen molar-refractivity contribution in [1.29, 1.82) is 0 Å². The lowest BCUT2D eigenvalue weighted by Gasteiger charge is -2.08. The molecule has 2 heterocycles. The SMILES string of the molecule is CC(NC(=O)c1csc(C#CCO)c1)c1nn[nH]n1. The molecule has 7 nitrogen and oxygen atoms in total. The average molecular weight is 277 g/mol. The van der Waals surface area contributed by atoms with Crippen LogP contribution in [0.5, 0.6) is 0 Å². The van der Waals surface area contributed by atoms with Crippen LogP contribution < -0.4 is 5.32 Å². The smallest absolute Gasteiger partial charge is 0.252 e. The first-order valence-electron chi connectivity index (χ1n) is 5.43. The van der Waals surface area contributed by atoms with E-state index in [9.17, 15) is 4.79 Å². The van der Waals surface area contributed by atoms with Crippen LogP contribution >= 0.6 is 11.3 Å². The third-order valence-electron chi connectivity index (χ3n) is 2.25. The van der Waals surface area contributed by atoms with Crippen molar-refractivity contribution >= 4 is 17.2 Å². The average Bonchev–Trinajstić information content (AvgIpc) is 3.07. The molecule has 0 radical (unpaired) electrons. The highest BCUT2D eigenvalue weighted by molar-refractivity contribution is 7.10. The first-order valence-corrected chi connectivity index (χ1v) is 6.31. The fourth-order valence-corrected chi connectivity index (χ4v) is 2.10. The van der Waals surface area contributed by atoms with Gasteiger partial charge in [-0.25, -0.2) is 0 Å². The Bertz CT molecular complexity index is 611. The van der Waals surface area contributed by atoms with Gasteiger partial charge in [-0.2, -0.15) is 5.21 Å². The number of rotatable bonds is 3. The number of aromatic amines is 1. The molecule has 2 rings (SSSR count). The number of nitrogens with one attached hydrogen (secondary N) is 2. The van der Waals surface area contributed by atoms with E-state index in [1.165, 1.54) is 11.3 Å². The fraction of sp³-hybridized carbons (Fsp3) is 0.273. The Labute approximate surface area is 113 Å². The second kappa shape index (κ2) is 6.08. The van der Waals surface area contributed by atoms with Crippen LogP contribution in [0, 0.1) is 11.8 Å². The van der Waals surface area contributed by atoms with Crippen LogP contribution in [0.3, 0.4) is 0 Å². The van der Waals surface area contributed by atoms with Gasteiger partial charge in [0.1, 0.15) is 6.61 Å². The van der Waals surface area contributed by atoms with Crippen molar-refractivity contribution in [2.45, 2.75) is 13.0 Å². The summed E-state index contributed by atoms with van der Waals surface area (Å²) in [7, 11) is 0. The molecular formula is C11H11N5O2S. The third kappa shape index (κ3) is 3.37. The maximum atomic E-state index is 11.9. The van der Waals surface area contributed by atoms with E-state index in [-0.39, 0.29) is 18.6 Å². The molecule has 0 spiro atoms. The number of hydrogen-bond donors (Lipinski definition) is 3. The van der Waals surface area contributed by atoms with Crippen molar-refractivity contribution in [2.75, 3.05) is 6.61 Å². The summed E-state index contributed by atoms with van der Waals surface area (Å²) in [6.45, 7) is 1.57. The van der Waals surface area contributed by atoms with Crippen LogP contribution in [-0.4, -0.2) is 38.2 Å². The number of H-pyrrole nitrogens is 1. The number of aliphatic hydroxyl groups is 1. The Balaban J connectivity index is 2.02. The zero-order chi connectivity index (χ0) is 13.7. The molecule has 2 aromatic heterocycles. The van der Waals surface area contributed by atoms with E-state index in [1.807, 2.05) is 0 Å². The van der Waals surface area contributed by atoms with Crippen LogP contribution in [0.1, 0.15) is 34.0 Å². The van der Waals surface area contributed by atoms with Crippen molar-refractivity contribution in [3.05, 3.63) is 27.7 Å². The number of aliphatic hydroxyl groups excluding tert-OH is 1. The zero-order valence-electron chi connectivity index (χ0n) is 10.0. The standard InChI is InChI=1S/C11H11N5O2S/c1-7(10-13-15-16-14-10)12-11(18)8-5-9(19-6-8)3-2-4-17/h5-7,17H,4H2,1H3,(H,12,18)(H,13,14,15,16). The van der Waals surface area contributed by atoms with Crippen molar-refractivity contribution in [1.82, 2.24) is 25.9 Å². The molecule has 8 heteroatoms. The molecule has 19 heavy (non-hydrogen) atoms. The van der Waals surface area contributed by atoms with Crippen LogP contribution in [0.4, 0.5) is 0 Å². The topological polar surface area (TPSA) is 104 Å². The Hall–Kier alpha value is -2.24. The van der Waals surface area contributed by atoms with Gasteiger partial charge in [-0.05, 0) is 13.0 Å². The quantitative estimate of drug-likeness (QED) is 0.690. The summed E-state index contributed by atoms with van der Waals surface area (Å²) < 4.78 is 0. The van der Waals surface area contributed by atoms with E-state index in [0.29, 0.717) is 11.4 Å². The van der Waals surface area contributed by atoms with E-state index < -0.39 is 0 Å². The first-order chi connectivity index (χ1) is 9.20. The van der Waals surface area contributed by atoms with Gasteiger partial charge in [0.05, 0.1) is 16.5 Å². The summed E-state index contributed by atoms with van der Waals surface area (Å²) in [4.78, 5) is 12.7. The van der Waals surface area contributed by atoms with Gasteiger partial charge >= 0.3 is 0 Å². The number of carbonyl (C=O) groups excluding carboxylic acids is 1. The molecule has 0 saturated heterocycles. The van der Waals surface area contributed by atoms with Crippen molar-refractivity contribution in [3.63, 3.8) is 0 Å². The number of tetrazole rings is 1. The van der Waals surface area contributed by atoms with Gasteiger partial charge in [-0.15, -0.1) is 21.5 Å². The number of hydrogen-bond acceptors (Lipinski definition) is 6. The highest BCUT2D eigenvalue weighted by Crippen LogP contribution is 2.14. The number of amides is 1. The van der Waals surface area contributed by atoms with Crippen LogP contribution in [0.25, 0.3) is 0 Å². The van der Waals surface area contributed by atoms with Gasteiger partial charge in [0, 0.05) is 5.38 Å². The second-order valence-electron chi connectivity index (χ2n) is 3.62. The van der Waals surface area contributed by atoms with E-state index >= 15 is 0 Å². The van der Waals surface area contributed by atoms with Crippen LogP contribution in [0.15, 0.2) is 11.4 Å². The van der Waals surface area contributed by atoms with Gasteiger partial charge in [0.25, 0.3) is 5.91 Å². The van der Waals surface area contributed by atoms with E-state index in [2.05, 4.69) is 37.8 Å². The summed E-state index contributed by atoms with van der Waals surface area (Å²) in [5.41, 5.74) is 0.516. The van der Waals surface area contributed by atoms with E-state index in [0.717, 1.165) is 4.88 Å². The molecule has 0 saturated carbocycles. The van der Waals surface area contributed by atoms with E-state index in [1.54, 1.807) is 18.4 Å². The van der Waals surface area contributed by atoms with Gasteiger partial charge in [-0.3, -0.25) is 4.79 Å². The third-order valence-corrected chi connectivity index (χ3v) is 3.09. The summed E-state index contributed by atoms with van der Waals surface area (Å²) in [5.74, 6) is 5.47. The molecule has 3 N–H and O–H groups in total. The summed E-state index contributed by atoms with van der Waals surface area (Å²) in [6, 6.07) is 1.34. The molecule has 0 aliphatic rings. The Morgan fingerprint density at radius 1 is 1.68 bits per heavy atom. The predicted octanol–water partition coefficient (Wildman–Crippen LogP) is 0.0960. The predicted molar refractivity (Wildman–Crippen MR) is 68.3 cm³/mol. The Morgan fingerprint density at radius 3 is 3.21 bits per heavy atom. The van der Waals surface area contributed by atoms with Crippen molar-refractivity contribution in [2.24, 2.45) is 0 Å². The zero-order valence-corrected chi connectivity index (χ0v) is 10.9. The lowest BCUT2D eigenvalue weighted by molar-refractivity contribution is 0.0938. The Kier molecular flexibility index (Phi) is 4.22. The molecule has 1 amide bonds. The van der Waals surface area contributed by atoms with Gasteiger partial charge < -0.3 is 10.4 Å². The molecule has 1 unspecified atom stereocenters. The molecule has 2 aromatic rings. The number of carbonyl (C=O) groups is 1. The molecule has 0 aromatic carbocycles. The highest BCUT2D eigenvalue weighted by Gasteiger charge is 2.15. The molecule has 0 fully saturated rings. The maximum Gasteiger partial charge on any atom is 0.252 e. The molecule has 98 valence electrons. The molecular weight excluding hydrogens is 266 g/mol. The normalized spacial score (nSPS) is 11.5. The highest BCUT2D eigenvalue weighted by atomic mass is 32.1. The minimum Gasteiger partial charge on any atom is -0.384 e. The molecule has 0 aliphatic heterocycles. The van der Waals surface area contributed by atoms with Gasteiger partial charge in [0.15, 0.2) is 5.82 Å². The fourth-order valence-electron chi connectivity index (χ4n) is 1.34. The van der Waals surface area contributed by atoms with Crippen LogP contribution in [0.2, 0.25) is 0 Å². The largest absolute Gasteiger partial charge is 0.384 e. The lowest BCUT2D eigenvalue weighted by Crippen LogP contribution is -2.27. The minimum absolute atomic E-state index is 0.200. The molecule has 0 aliphatic carbocycles. The Morgan fingerprint density at radius 2 is 2.53 bits per heavy atom. The number of aromatic nitrogens is 4. The summed E-state index contributed by atoms with van der Waals surface area (Å²) in [6.07, 6.45) is 0.